The first-order valence-electron chi connectivity index (χ1n) is 11.9. The second-order valence-corrected chi connectivity index (χ2v) is 13.7. The van der Waals surface area contributed by atoms with Crippen LogP contribution in [0.3, 0.4) is 0 Å². The van der Waals surface area contributed by atoms with Gasteiger partial charge in [0.15, 0.2) is 0 Å². The van der Waals surface area contributed by atoms with E-state index in [-0.39, 0.29) is 9.16 Å². The van der Waals surface area contributed by atoms with Gasteiger partial charge in [0.05, 0.1) is 9.16 Å². The summed E-state index contributed by atoms with van der Waals surface area (Å²) < 4.78 is 0.494. The first kappa shape index (κ1) is 27.4. The van der Waals surface area contributed by atoms with Crippen LogP contribution in [0.4, 0.5) is 0 Å². The van der Waals surface area contributed by atoms with E-state index in [1.54, 1.807) is 0 Å². The molecule has 0 nitrogen and oxygen atoms in total. The summed E-state index contributed by atoms with van der Waals surface area (Å²) in [5.41, 5.74) is 5.39. The predicted octanol–water partition coefficient (Wildman–Crippen LogP) is 9.74. The summed E-state index contributed by atoms with van der Waals surface area (Å²) in [5, 5.41) is 0. The highest BCUT2D eigenvalue weighted by molar-refractivity contribution is 8.21. The van der Waals surface area contributed by atoms with Gasteiger partial charge in [-0.3, -0.25) is 0 Å². The van der Waals surface area contributed by atoms with Gasteiger partial charge in [-0.15, -0.1) is 47.0 Å². The Morgan fingerprint density at radius 3 is 0.861 bits per heavy atom. The molecule has 0 spiro atoms. The van der Waals surface area contributed by atoms with Crippen LogP contribution in [0, 0.1) is 0 Å². The number of thiocarbonyl (C=S) groups is 1. The Labute approximate surface area is 238 Å². The molecule has 0 aromatic heterocycles. The topological polar surface area (TPSA) is 0 Å². The summed E-state index contributed by atoms with van der Waals surface area (Å²) in [6.07, 6.45) is 0. The SMILES string of the molecule is S=C(C(SCc1ccccc1)SCc1ccccc1)C(SCc1ccccc1)SCc1ccccc1. The Balaban J connectivity index is 1.48. The van der Waals surface area contributed by atoms with E-state index in [1.165, 1.54) is 22.3 Å². The Hall–Kier alpha value is -1.63. The Bertz CT molecular complexity index is 971. The first-order chi connectivity index (χ1) is 17.8. The normalized spacial score (nSPS) is 11.2. The highest BCUT2D eigenvalue weighted by Gasteiger charge is 2.25. The lowest BCUT2D eigenvalue weighted by molar-refractivity contribution is 1.39. The van der Waals surface area contributed by atoms with Crippen LogP contribution in [0.5, 0.6) is 0 Å². The fraction of sp³-hybridized carbons (Fsp3) is 0.194. The second-order valence-electron chi connectivity index (χ2n) is 8.25. The molecular formula is C31H30S5. The number of thioether (sulfide) groups is 4. The molecule has 0 saturated heterocycles. The molecule has 0 amide bonds. The van der Waals surface area contributed by atoms with Gasteiger partial charge in [-0.1, -0.05) is 134 Å². The molecule has 4 rings (SSSR count). The summed E-state index contributed by atoms with van der Waals surface area (Å²) in [6, 6.07) is 43.0. The molecule has 0 saturated carbocycles. The van der Waals surface area contributed by atoms with Gasteiger partial charge < -0.3 is 0 Å². The van der Waals surface area contributed by atoms with Gasteiger partial charge in [0.1, 0.15) is 0 Å². The molecule has 0 aliphatic carbocycles. The zero-order chi connectivity index (χ0) is 24.8. The van der Waals surface area contributed by atoms with Crippen molar-refractivity contribution in [3.63, 3.8) is 0 Å². The van der Waals surface area contributed by atoms with Crippen molar-refractivity contribution in [2.45, 2.75) is 32.2 Å². The average molecular weight is 563 g/mol. The molecule has 36 heavy (non-hydrogen) atoms. The van der Waals surface area contributed by atoms with Crippen LogP contribution in [0.15, 0.2) is 121 Å². The lowest BCUT2D eigenvalue weighted by Gasteiger charge is -2.24. The second kappa shape index (κ2) is 15.6. The van der Waals surface area contributed by atoms with E-state index >= 15 is 0 Å². The van der Waals surface area contributed by atoms with Crippen LogP contribution in [-0.2, 0) is 23.0 Å². The van der Waals surface area contributed by atoms with Crippen molar-refractivity contribution in [2.75, 3.05) is 0 Å². The van der Waals surface area contributed by atoms with E-state index in [0.29, 0.717) is 0 Å². The van der Waals surface area contributed by atoms with Gasteiger partial charge in [-0.2, -0.15) is 0 Å². The van der Waals surface area contributed by atoms with Crippen molar-refractivity contribution in [1.29, 1.82) is 0 Å². The number of hydrogen-bond acceptors (Lipinski definition) is 5. The molecule has 0 bridgehead atoms. The maximum Gasteiger partial charge on any atom is 0.0840 e. The smallest absolute Gasteiger partial charge is 0.0840 e. The highest BCUT2D eigenvalue weighted by Crippen LogP contribution is 2.39. The van der Waals surface area contributed by atoms with Gasteiger partial charge in [0.2, 0.25) is 0 Å². The van der Waals surface area contributed by atoms with Gasteiger partial charge in [0, 0.05) is 27.9 Å². The average Bonchev–Trinajstić information content (AvgIpc) is 2.95. The maximum absolute atomic E-state index is 6.28. The molecule has 0 fully saturated rings. The van der Waals surface area contributed by atoms with Crippen molar-refractivity contribution in [3.05, 3.63) is 144 Å². The zero-order valence-corrected chi connectivity index (χ0v) is 24.2. The van der Waals surface area contributed by atoms with E-state index in [4.69, 9.17) is 12.2 Å². The number of benzene rings is 4. The summed E-state index contributed by atoms with van der Waals surface area (Å²) >= 11 is 14.2. The largest absolute Gasteiger partial charge is 0.137 e. The summed E-state index contributed by atoms with van der Waals surface area (Å²) in [7, 11) is 0. The molecule has 0 aliphatic heterocycles. The lowest BCUT2D eigenvalue weighted by atomic mass is 10.2. The minimum absolute atomic E-state index is 0.247. The van der Waals surface area contributed by atoms with Crippen LogP contribution in [-0.4, -0.2) is 14.0 Å². The number of hydrogen-bond donors (Lipinski definition) is 0. The van der Waals surface area contributed by atoms with E-state index in [2.05, 4.69) is 121 Å². The molecule has 0 atom stereocenters. The van der Waals surface area contributed by atoms with Crippen LogP contribution >= 0.6 is 59.3 Å². The predicted molar refractivity (Wildman–Crippen MR) is 171 cm³/mol. The third-order valence-electron chi connectivity index (χ3n) is 5.44. The first-order valence-corrected chi connectivity index (χ1v) is 16.5. The monoisotopic (exact) mass is 562 g/mol. The van der Waals surface area contributed by atoms with Crippen molar-refractivity contribution < 1.29 is 0 Å². The molecule has 5 heteroatoms. The molecule has 4 aromatic rings. The minimum atomic E-state index is 0.247. The molecule has 0 unspecified atom stereocenters. The van der Waals surface area contributed by atoms with E-state index in [9.17, 15) is 0 Å². The van der Waals surface area contributed by atoms with Crippen molar-refractivity contribution in [2.24, 2.45) is 0 Å². The van der Waals surface area contributed by atoms with Gasteiger partial charge in [-0.05, 0) is 22.3 Å². The Morgan fingerprint density at radius 1 is 0.417 bits per heavy atom. The summed E-state index contributed by atoms with van der Waals surface area (Å²) in [4.78, 5) is 1.15. The standard InChI is InChI=1S/C31H30S5/c32-29(30(33-21-25-13-5-1-6-14-25)34-22-26-15-7-2-8-16-26)31(35-23-27-17-9-3-10-18-27)36-24-28-19-11-4-12-20-28/h1-20,30-31H,21-24H2. The quantitative estimate of drug-likeness (QED) is 0.110. The third-order valence-corrected chi connectivity index (χ3v) is 12.4. The van der Waals surface area contributed by atoms with Crippen molar-refractivity contribution >= 4 is 64.1 Å². The van der Waals surface area contributed by atoms with Gasteiger partial charge in [-0.25, -0.2) is 0 Å². The fourth-order valence-corrected chi connectivity index (χ4v) is 9.61. The molecule has 184 valence electrons. The molecule has 4 aromatic carbocycles. The van der Waals surface area contributed by atoms with E-state index < -0.39 is 0 Å². The summed E-state index contributed by atoms with van der Waals surface area (Å²) in [5.74, 6) is 3.86. The molecule has 0 heterocycles. The molecular weight excluding hydrogens is 533 g/mol. The van der Waals surface area contributed by atoms with Crippen LogP contribution in [0.1, 0.15) is 22.3 Å². The van der Waals surface area contributed by atoms with E-state index in [0.717, 1.165) is 27.9 Å². The van der Waals surface area contributed by atoms with Crippen molar-refractivity contribution in [1.82, 2.24) is 0 Å². The van der Waals surface area contributed by atoms with Gasteiger partial charge in [0.25, 0.3) is 0 Å². The summed E-state index contributed by atoms with van der Waals surface area (Å²) in [6.45, 7) is 0. The van der Waals surface area contributed by atoms with Crippen LogP contribution in [0.2, 0.25) is 0 Å². The lowest BCUT2D eigenvalue weighted by Crippen LogP contribution is -2.22. The number of rotatable bonds is 14. The zero-order valence-electron chi connectivity index (χ0n) is 20.1. The van der Waals surface area contributed by atoms with Gasteiger partial charge >= 0.3 is 0 Å². The molecule has 0 radical (unpaired) electrons. The maximum atomic E-state index is 6.28. The molecule has 0 N–H and O–H groups in total. The van der Waals surface area contributed by atoms with E-state index in [1.807, 2.05) is 47.0 Å². The minimum Gasteiger partial charge on any atom is -0.137 e. The van der Waals surface area contributed by atoms with Crippen molar-refractivity contribution in [3.8, 4) is 0 Å². The highest BCUT2D eigenvalue weighted by atomic mass is 32.2. The fourth-order valence-electron chi connectivity index (χ4n) is 3.52. The van der Waals surface area contributed by atoms with Crippen LogP contribution < -0.4 is 0 Å². The third kappa shape index (κ3) is 9.35. The Kier molecular flexibility index (Phi) is 11.9. The van der Waals surface area contributed by atoms with Crippen LogP contribution in [0.25, 0.3) is 0 Å². The molecule has 0 aliphatic rings. The Morgan fingerprint density at radius 2 is 0.639 bits per heavy atom.